The van der Waals surface area contributed by atoms with Gasteiger partial charge in [-0.1, -0.05) is 18.7 Å². The van der Waals surface area contributed by atoms with Crippen molar-refractivity contribution >= 4 is 5.97 Å². The van der Waals surface area contributed by atoms with E-state index in [1.165, 1.54) is 12.1 Å². The fourth-order valence-electron chi connectivity index (χ4n) is 6.91. The molecular formula is C30H33F5N2O2. The Hall–Kier alpha value is -2.94. The summed E-state index contributed by atoms with van der Waals surface area (Å²) in [5.41, 5.74) is 0.390. The number of rotatable bonds is 8. The molecule has 3 aliphatic rings. The fraction of sp³-hybridized carbons (Fsp3) is 0.500. The van der Waals surface area contributed by atoms with E-state index in [2.05, 4.69) is 16.8 Å². The van der Waals surface area contributed by atoms with Gasteiger partial charge in [-0.15, -0.1) is 0 Å². The van der Waals surface area contributed by atoms with Crippen LogP contribution < -0.4 is 5.32 Å². The van der Waals surface area contributed by atoms with Crippen LogP contribution in [0.5, 0.6) is 0 Å². The monoisotopic (exact) mass is 548 g/mol. The van der Waals surface area contributed by atoms with Gasteiger partial charge in [0.1, 0.15) is 11.6 Å². The lowest BCUT2D eigenvalue weighted by atomic mass is 9.76. The van der Waals surface area contributed by atoms with Gasteiger partial charge in [0, 0.05) is 23.7 Å². The van der Waals surface area contributed by atoms with Gasteiger partial charge in [0.25, 0.3) is 0 Å². The standard InChI is InChI=1S/C30H33F5N2O2/c1-18(36-17-19-12-22(30(33,34)35)14-24(32)13-19)29(27-15-26(27)28(38)39)9-6-25(16-29)37-10-7-21(8-11-37)20-2-4-23(31)5-3-20/h2-5,12-14,21,25-27,36H,1,6-11,15-17H2,(H,38,39). The number of hydrogen-bond donors (Lipinski definition) is 2. The Kier molecular flexibility index (Phi) is 7.48. The third-order valence-electron chi connectivity index (χ3n) is 9.12. The van der Waals surface area contributed by atoms with Crippen molar-refractivity contribution in [2.24, 2.45) is 17.3 Å². The van der Waals surface area contributed by atoms with Crippen LogP contribution >= 0.6 is 0 Å². The third kappa shape index (κ3) is 5.83. The summed E-state index contributed by atoms with van der Waals surface area (Å²) in [7, 11) is 0. The van der Waals surface area contributed by atoms with E-state index >= 15 is 0 Å². The first-order valence-electron chi connectivity index (χ1n) is 13.5. The van der Waals surface area contributed by atoms with Gasteiger partial charge >= 0.3 is 12.1 Å². The van der Waals surface area contributed by atoms with E-state index in [-0.39, 0.29) is 29.9 Å². The Morgan fingerprint density at radius 1 is 1.05 bits per heavy atom. The molecule has 2 N–H and O–H groups in total. The molecule has 4 nitrogen and oxygen atoms in total. The molecule has 2 aromatic carbocycles. The number of likely N-dealkylation sites (tertiary alicyclic amines) is 1. The molecule has 3 fully saturated rings. The quantitative estimate of drug-likeness (QED) is 0.360. The van der Waals surface area contributed by atoms with Crippen molar-refractivity contribution in [3.8, 4) is 0 Å². The molecule has 5 rings (SSSR count). The average molecular weight is 549 g/mol. The van der Waals surface area contributed by atoms with Crippen LogP contribution in [0.25, 0.3) is 0 Å². The topological polar surface area (TPSA) is 52.6 Å². The first kappa shape index (κ1) is 27.6. The molecule has 1 saturated heterocycles. The number of halogens is 5. The maximum atomic E-state index is 13.9. The second-order valence-corrected chi connectivity index (χ2v) is 11.4. The summed E-state index contributed by atoms with van der Waals surface area (Å²) in [5, 5.41) is 12.8. The zero-order valence-corrected chi connectivity index (χ0v) is 21.6. The van der Waals surface area contributed by atoms with Crippen molar-refractivity contribution in [2.75, 3.05) is 13.1 Å². The summed E-state index contributed by atoms with van der Waals surface area (Å²) < 4.78 is 66.7. The van der Waals surface area contributed by atoms with Gasteiger partial charge in [0.05, 0.1) is 11.5 Å². The van der Waals surface area contributed by atoms with E-state index in [1.54, 1.807) is 0 Å². The summed E-state index contributed by atoms with van der Waals surface area (Å²) in [4.78, 5) is 14.2. The minimum atomic E-state index is -4.65. The number of piperidine rings is 1. The van der Waals surface area contributed by atoms with E-state index < -0.39 is 34.9 Å². The maximum absolute atomic E-state index is 13.9. The van der Waals surface area contributed by atoms with Gasteiger partial charge in [-0.05, 0) is 105 Å². The second-order valence-electron chi connectivity index (χ2n) is 11.4. The smallest absolute Gasteiger partial charge is 0.416 e. The number of carbonyl (C=O) groups is 1. The molecule has 4 unspecified atom stereocenters. The van der Waals surface area contributed by atoms with Crippen LogP contribution in [-0.4, -0.2) is 35.1 Å². The first-order chi connectivity index (χ1) is 18.5. The number of alkyl halides is 3. The summed E-state index contributed by atoms with van der Waals surface area (Å²) >= 11 is 0. The van der Waals surface area contributed by atoms with Gasteiger partial charge in [-0.2, -0.15) is 13.2 Å². The predicted molar refractivity (Wildman–Crippen MR) is 137 cm³/mol. The molecule has 1 heterocycles. The van der Waals surface area contributed by atoms with E-state index in [1.807, 2.05) is 12.1 Å². The van der Waals surface area contributed by atoms with Crippen molar-refractivity contribution in [1.29, 1.82) is 0 Å². The first-order valence-corrected chi connectivity index (χ1v) is 13.5. The number of allylic oxidation sites excluding steroid dienone is 1. The highest BCUT2D eigenvalue weighted by atomic mass is 19.4. The number of nitrogens with zero attached hydrogens (tertiary/aromatic N) is 1. The molecule has 4 atom stereocenters. The number of nitrogens with one attached hydrogen (secondary N) is 1. The lowest BCUT2D eigenvalue weighted by molar-refractivity contribution is -0.139. The summed E-state index contributed by atoms with van der Waals surface area (Å²) in [6.07, 6.45) is 0.155. The number of aliphatic carboxylic acids is 1. The van der Waals surface area contributed by atoms with Crippen LogP contribution in [-0.2, 0) is 17.5 Å². The average Bonchev–Trinajstić information content (AvgIpc) is 3.59. The number of hydrogen-bond acceptors (Lipinski definition) is 3. The number of carboxylic acid groups (broad SMARTS) is 1. The fourth-order valence-corrected chi connectivity index (χ4v) is 6.91. The molecule has 210 valence electrons. The molecular weight excluding hydrogens is 515 g/mol. The van der Waals surface area contributed by atoms with Crippen LogP contribution in [0.2, 0.25) is 0 Å². The molecule has 2 aromatic rings. The molecule has 1 aliphatic heterocycles. The van der Waals surface area contributed by atoms with E-state index in [0.717, 1.165) is 62.9 Å². The Labute approximate surface area is 224 Å². The van der Waals surface area contributed by atoms with Crippen LogP contribution in [0.4, 0.5) is 22.0 Å². The van der Waals surface area contributed by atoms with Gasteiger partial charge < -0.3 is 15.3 Å². The highest BCUT2D eigenvalue weighted by Crippen LogP contribution is 2.61. The van der Waals surface area contributed by atoms with Crippen molar-refractivity contribution in [2.45, 2.75) is 63.2 Å². The highest BCUT2D eigenvalue weighted by Gasteiger charge is 2.60. The third-order valence-corrected chi connectivity index (χ3v) is 9.12. The molecule has 9 heteroatoms. The molecule has 0 radical (unpaired) electrons. The molecule has 0 spiro atoms. The highest BCUT2D eigenvalue weighted by molar-refractivity contribution is 5.74. The van der Waals surface area contributed by atoms with Crippen LogP contribution in [0.3, 0.4) is 0 Å². The van der Waals surface area contributed by atoms with E-state index in [0.29, 0.717) is 24.1 Å². The zero-order valence-electron chi connectivity index (χ0n) is 21.6. The van der Waals surface area contributed by atoms with Gasteiger partial charge in [0.15, 0.2) is 0 Å². The molecule has 0 amide bonds. The lowest BCUT2D eigenvalue weighted by Gasteiger charge is -2.38. The van der Waals surface area contributed by atoms with Crippen LogP contribution in [0.15, 0.2) is 54.7 Å². The normalized spacial score (nSPS) is 27.9. The SMILES string of the molecule is C=C(NCc1cc(F)cc(C(F)(F)F)c1)C1(C2CC2C(=O)O)CCC(N2CCC(c3ccc(F)cc3)CC2)C1. The van der Waals surface area contributed by atoms with Crippen molar-refractivity contribution < 1.29 is 31.9 Å². The van der Waals surface area contributed by atoms with E-state index in [9.17, 15) is 31.9 Å². The molecule has 2 saturated carbocycles. The van der Waals surface area contributed by atoms with Gasteiger partial charge in [0.2, 0.25) is 0 Å². The Bertz CT molecular complexity index is 1220. The van der Waals surface area contributed by atoms with Crippen LogP contribution in [0.1, 0.15) is 61.1 Å². The summed E-state index contributed by atoms with van der Waals surface area (Å²) in [5.74, 6) is -2.22. The second kappa shape index (κ2) is 10.6. The van der Waals surface area contributed by atoms with Gasteiger partial charge in [-0.25, -0.2) is 8.78 Å². The number of carboxylic acids is 1. The number of benzene rings is 2. The van der Waals surface area contributed by atoms with Crippen LogP contribution in [0, 0.1) is 28.9 Å². The lowest BCUT2D eigenvalue weighted by Crippen LogP contribution is -2.41. The molecule has 39 heavy (non-hydrogen) atoms. The largest absolute Gasteiger partial charge is 0.481 e. The summed E-state index contributed by atoms with van der Waals surface area (Å²) in [6, 6.07) is 9.41. The predicted octanol–water partition coefficient (Wildman–Crippen LogP) is 6.73. The maximum Gasteiger partial charge on any atom is 0.416 e. The van der Waals surface area contributed by atoms with Crippen molar-refractivity contribution in [1.82, 2.24) is 10.2 Å². The zero-order chi connectivity index (χ0) is 27.9. The minimum absolute atomic E-state index is 0.0282. The summed E-state index contributed by atoms with van der Waals surface area (Å²) in [6.45, 7) is 5.99. The molecule has 0 bridgehead atoms. The van der Waals surface area contributed by atoms with E-state index in [4.69, 9.17) is 0 Å². The van der Waals surface area contributed by atoms with Gasteiger partial charge in [-0.3, -0.25) is 4.79 Å². The molecule has 0 aromatic heterocycles. The van der Waals surface area contributed by atoms with Crippen molar-refractivity contribution in [3.63, 3.8) is 0 Å². The Morgan fingerprint density at radius 2 is 1.74 bits per heavy atom. The Morgan fingerprint density at radius 3 is 2.36 bits per heavy atom. The molecule has 2 aliphatic carbocycles. The Balaban J connectivity index is 1.26. The van der Waals surface area contributed by atoms with Crippen molar-refractivity contribution in [3.05, 3.63) is 83.1 Å². The minimum Gasteiger partial charge on any atom is -0.481 e.